The van der Waals surface area contributed by atoms with Gasteiger partial charge < -0.3 is 4.74 Å². The molecule has 0 radical (unpaired) electrons. The van der Waals surface area contributed by atoms with Crippen LogP contribution in [0.5, 0.6) is 5.75 Å². The van der Waals surface area contributed by atoms with Gasteiger partial charge in [0.1, 0.15) is 12.4 Å². The quantitative estimate of drug-likeness (QED) is 0.631. The van der Waals surface area contributed by atoms with E-state index >= 15 is 0 Å². The van der Waals surface area contributed by atoms with E-state index in [1.165, 1.54) is 0 Å². The van der Waals surface area contributed by atoms with E-state index in [1.54, 1.807) is 23.6 Å². The highest BCUT2D eigenvalue weighted by atomic mass is 35.5. The Bertz CT molecular complexity index is 478. The van der Waals surface area contributed by atoms with Crippen molar-refractivity contribution in [1.29, 1.82) is 0 Å². The van der Waals surface area contributed by atoms with Crippen molar-refractivity contribution < 1.29 is 4.74 Å². The average molecular weight is 284 g/mol. The minimum absolute atomic E-state index is 0.0233. The summed E-state index contributed by atoms with van der Waals surface area (Å²) in [7, 11) is 0. The summed E-state index contributed by atoms with van der Waals surface area (Å²) in [6.45, 7) is 0.469. The van der Waals surface area contributed by atoms with Crippen LogP contribution < -0.4 is 16.0 Å². The summed E-state index contributed by atoms with van der Waals surface area (Å²) >= 11 is 7.49. The van der Waals surface area contributed by atoms with E-state index < -0.39 is 0 Å². The number of rotatable bonds is 6. The number of nitrogens with two attached hydrogens (primary N) is 1. The predicted octanol–water partition coefficient (Wildman–Crippen LogP) is 2.25. The molecule has 0 saturated heterocycles. The van der Waals surface area contributed by atoms with Crippen LogP contribution in [0.2, 0.25) is 5.02 Å². The lowest BCUT2D eigenvalue weighted by Gasteiger charge is -2.15. The van der Waals surface area contributed by atoms with Crippen LogP contribution in [0.4, 0.5) is 0 Å². The monoisotopic (exact) mass is 283 g/mol. The summed E-state index contributed by atoms with van der Waals surface area (Å²) in [5.41, 5.74) is 2.73. The normalized spacial score (nSPS) is 12.3. The van der Waals surface area contributed by atoms with Crippen LogP contribution >= 0.6 is 22.9 Å². The standard InChI is InChI=1S/C12H14ClN3OS/c13-9-2-1-3-11(6-9)17-8-10(16-14)7-12-15-4-5-18-12/h1-6,10,16H,7-8,14H2. The highest BCUT2D eigenvalue weighted by Crippen LogP contribution is 2.17. The molecule has 0 spiro atoms. The summed E-state index contributed by atoms with van der Waals surface area (Å²) in [6, 6.07) is 7.32. The molecule has 0 amide bonds. The van der Waals surface area contributed by atoms with Crippen molar-refractivity contribution in [1.82, 2.24) is 10.4 Å². The van der Waals surface area contributed by atoms with E-state index in [0.717, 1.165) is 17.2 Å². The van der Waals surface area contributed by atoms with E-state index in [4.69, 9.17) is 22.2 Å². The van der Waals surface area contributed by atoms with Gasteiger partial charge in [-0.15, -0.1) is 11.3 Å². The molecule has 0 bridgehead atoms. The van der Waals surface area contributed by atoms with Gasteiger partial charge >= 0.3 is 0 Å². The molecule has 1 atom stereocenters. The van der Waals surface area contributed by atoms with Gasteiger partial charge in [0.05, 0.1) is 11.0 Å². The Kier molecular flexibility index (Phi) is 4.95. The molecule has 2 rings (SSSR count). The van der Waals surface area contributed by atoms with Gasteiger partial charge in [0.15, 0.2) is 0 Å². The number of nitrogens with one attached hydrogen (secondary N) is 1. The van der Waals surface area contributed by atoms with Crippen LogP contribution in [-0.2, 0) is 6.42 Å². The van der Waals surface area contributed by atoms with Crippen molar-refractivity contribution in [2.24, 2.45) is 5.84 Å². The maximum atomic E-state index is 5.88. The first kappa shape index (κ1) is 13.3. The average Bonchev–Trinajstić information content (AvgIpc) is 2.87. The van der Waals surface area contributed by atoms with Crippen molar-refractivity contribution in [2.45, 2.75) is 12.5 Å². The van der Waals surface area contributed by atoms with Crippen LogP contribution in [0.3, 0.4) is 0 Å². The SMILES string of the molecule is NNC(COc1cccc(Cl)c1)Cc1nccs1. The fraction of sp³-hybridized carbons (Fsp3) is 0.250. The molecule has 18 heavy (non-hydrogen) atoms. The topological polar surface area (TPSA) is 60.2 Å². The third-order valence-corrected chi connectivity index (χ3v) is 3.42. The molecule has 0 aliphatic carbocycles. The maximum absolute atomic E-state index is 5.88. The Balaban J connectivity index is 1.87. The molecule has 0 saturated carbocycles. The van der Waals surface area contributed by atoms with Crippen LogP contribution in [0, 0.1) is 0 Å². The summed E-state index contributed by atoms with van der Waals surface area (Å²) in [6.07, 6.45) is 2.53. The van der Waals surface area contributed by atoms with E-state index in [0.29, 0.717) is 11.6 Å². The molecule has 1 aromatic heterocycles. The maximum Gasteiger partial charge on any atom is 0.120 e. The fourth-order valence-corrected chi connectivity index (χ4v) is 2.36. The molecule has 3 N–H and O–H groups in total. The number of hydrogen-bond acceptors (Lipinski definition) is 5. The Labute approximate surface area is 115 Å². The zero-order valence-corrected chi connectivity index (χ0v) is 11.2. The molecule has 4 nitrogen and oxygen atoms in total. The number of hydrogen-bond donors (Lipinski definition) is 2. The summed E-state index contributed by atoms with van der Waals surface area (Å²) in [5.74, 6) is 6.24. The third kappa shape index (κ3) is 3.96. The Morgan fingerprint density at radius 2 is 2.39 bits per heavy atom. The minimum Gasteiger partial charge on any atom is -0.492 e. The van der Waals surface area contributed by atoms with Crippen LogP contribution in [0.25, 0.3) is 0 Å². The third-order valence-electron chi connectivity index (χ3n) is 2.39. The molecular weight excluding hydrogens is 270 g/mol. The van der Waals surface area contributed by atoms with Crippen molar-refractivity contribution in [3.05, 3.63) is 45.9 Å². The number of hydrazine groups is 1. The number of thiazole rings is 1. The number of ether oxygens (including phenoxy) is 1. The minimum atomic E-state index is 0.0233. The van der Waals surface area contributed by atoms with Crippen molar-refractivity contribution >= 4 is 22.9 Å². The predicted molar refractivity (Wildman–Crippen MR) is 73.9 cm³/mol. The first-order valence-electron chi connectivity index (χ1n) is 5.51. The molecule has 96 valence electrons. The molecule has 1 aromatic carbocycles. The Morgan fingerprint density at radius 1 is 1.50 bits per heavy atom. The number of halogens is 1. The zero-order chi connectivity index (χ0) is 12.8. The number of nitrogens with zero attached hydrogens (tertiary/aromatic N) is 1. The summed E-state index contributed by atoms with van der Waals surface area (Å²) < 4.78 is 5.64. The van der Waals surface area contributed by atoms with Gasteiger partial charge in [-0.05, 0) is 18.2 Å². The second-order valence-electron chi connectivity index (χ2n) is 3.76. The van der Waals surface area contributed by atoms with Crippen LogP contribution in [0.15, 0.2) is 35.8 Å². The van der Waals surface area contributed by atoms with Gasteiger partial charge in [0.2, 0.25) is 0 Å². The Hall–Kier alpha value is -1.14. The van der Waals surface area contributed by atoms with Crippen LogP contribution in [-0.4, -0.2) is 17.6 Å². The second kappa shape index (κ2) is 6.70. The molecule has 0 fully saturated rings. The summed E-state index contributed by atoms with van der Waals surface area (Å²) in [4.78, 5) is 4.22. The van der Waals surface area contributed by atoms with Gasteiger partial charge in [-0.2, -0.15) is 0 Å². The highest BCUT2D eigenvalue weighted by Gasteiger charge is 2.10. The first-order valence-corrected chi connectivity index (χ1v) is 6.76. The lowest BCUT2D eigenvalue weighted by molar-refractivity contribution is 0.264. The molecule has 0 aliphatic heterocycles. The van der Waals surface area contributed by atoms with Crippen molar-refractivity contribution in [3.8, 4) is 5.75 Å². The largest absolute Gasteiger partial charge is 0.492 e. The second-order valence-corrected chi connectivity index (χ2v) is 5.18. The highest BCUT2D eigenvalue weighted by molar-refractivity contribution is 7.09. The number of aromatic nitrogens is 1. The molecule has 2 aromatic rings. The molecule has 1 heterocycles. The van der Waals surface area contributed by atoms with Crippen LogP contribution in [0.1, 0.15) is 5.01 Å². The summed E-state index contributed by atoms with van der Waals surface area (Å²) in [5, 5.41) is 3.64. The molecule has 0 aliphatic rings. The fourth-order valence-electron chi connectivity index (χ4n) is 1.48. The van der Waals surface area contributed by atoms with Gasteiger partial charge in [-0.25, -0.2) is 4.98 Å². The lowest BCUT2D eigenvalue weighted by atomic mass is 10.2. The van der Waals surface area contributed by atoms with Gasteiger partial charge in [0, 0.05) is 23.0 Å². The van der Waals surface area contributed by atoms with E-state index in [1.807, 2.05) is 23.6 Å². The molecule has 1 unspecified atom stereocenters. The van der Waals surface area contributed by atoms with Gasteiger partial charge in [0.25, 0.3) is 0 Å². The van der Waals surface area contributed by atoms with Gasteiger partial charge in [-0.3, -0.25) is 11.3 Å². The first-order chi connectivity index (χ1) is 8.78. The van der Waals surface area contributed by atoms with E-state index in [2.05, 4.69) is 10.4 Å². The smallest absolute Gasteiger partial charge is 0.120 e. The van der Waals surface area contributed by atoms with E-state index in [-0.39, 0.29) is 6.04 Å². The lowest BCUT2D eigenvalue weighted by Crippen LogP contribution is -2.41. The molecule has 6 heteroatoms. The van der Waals surface area contributed by atoms with Crippen molar-refractivity contribution in [2.75, 3.05) is 6.61 Å². The number of benzene rings is 1. The van der Waals surface area contributed by atoms with E-state index in [9.17, 15) is 0 Å². The molecular formula is C12H14ClN3OS. The zero-order valence-electron chi connectivity index (χ0n) is 9.67. The van der Waals surface area contributed by atoms with Crippen molar-refractivity contribution in [3.63, 3.8) is 0 Å². The Morgan fingerprint density at radius 3 is 3.06 bits per heavy atom. The van der Waals surface area contributed by atoms with Gasteiger partial charge in [-0.1, -0.05) is 17.7 Å².